The zero-order valence-electron chi connectivity index (χ0n) is 10.5. The average Bonchev–Trinajstić information content (AvgIpc) is 2.88. The van der Waals surface area contributed by atoms with Gasteiger partial charge >= 0.3 is 0 Å². The molecule has 0 amide bonds. The van der Waals surface area contributed by atoms with Crippen molar-refractivity contribution in [2.75, 3.05) is 6.61 Å². The lowest BCUT2D eigenvalue weighted by molar-refractivity contribution is 0.352. The maximum atomic E-state index is 13.6. The van der Waals surface area contributed by atoms with E-state index in [1.807, 2.05) is 6.07 Å². The fourth-order valence-corrected chi connectivity index (χ4v) is 2.95. The number of nitrogens with two attached hydrogens (primary N) is 1. The lowest BCUT2D eigenvalue weighted by Gasteiger charge is -2.18. The molecule has 0 saturated carbocycles. The number of rotatable bonds is 2. The summed E-state index contributed by atoms with van der Waals surface area (Å²) >= 11 is 12.1. The molecule has 2 aromatic carbocycles. The van der Waals surface area contributed by atoms with Crippen LogP contribution in [0.2, 0.25) is 10.0 Å². The van der Waals surface area contributed by atoms with Crippen LogP contribution in [-0.2, 0) is 6.42 Å². The van der Waals surface area contributed by atoms with Crippen LogP contribution in [0.15, 0.2) is 30.3 Å². The predicted octanol–water partition coefficient (Wildman–Crippen LogP) is 4.12. The number of halogens is 3. The minimum Gasteiger partial charge on any atom is -0.493 e. The largest absolute Gasteiger partial charge is 0.493 e. The van der Waals surface area contributed by atoms with Crippen LogP contribution in [0.3, 0.4) is 0 Å². The summed E-state index contributed by atoms with van der Waals surface area (Å²) in [5, 5.41) is 0.624. The first-order valence-electron chi connectivity index (χ1n) is 6.22. The van der Waals surface area contributed by atoms with E-state index >= 15 is 0 Å². The summed E-state index contributed by atoms with van der Waals surface area (Å²) in [7, 11) is 0. The second kappa shape index (κ2) is 5.24. The summed E-state index contributed by atoms with van der Waals surface area (Å²) in [5.41, 5.74) is 8.52. The van der Waals surface area contributed by atoms with Gasteiger partial charge in [-0.05, 0) is 29.3 Å². The average molecular weight is 312 g/mol. The molecule has 1 heterocycles. The number of hydrogen-bond donors (Lipinski definition) is 1. The van der Waals surface area contributed by atoms with E-state index in [1.54, 1.807) is 18.2 Å². The SMILES string of the molecule is NC(c1cccc(F)c1Cl)c1cc(Cl)cc2c1OCC2. The Morgan fingerprint density at radius 2 is 2.00 bits per heavy atom. The van der Waals surface area contributed by atoms with E-state index in [-0.39, 0.29) is 5.02 Å². The molecule has 0 radical (unpaired) electrons. The third kappa shape index (κ3) is 2.26. The molecule has 0 bridgehead atoms. The van der Waals surface area contributed by atoms with Gasteiger partial charge in [0.05, 0.1) is 17.7 Å². The van der Waals surface area contributed by atoms with Gasteiger partial charge < -0.3 is 10.5 Å². The Hall–Kier alpha value is -1.29. The Labute approximate surface area is 126 Å². The van der Waals surface area contributed by atoms with Crippen LogP contribution >= 0.6 is 23.2 Å². The van der Waals surface area contributed by atoms with Crippen molar-refractivity contribution in [3.63, 3.8) is 0 Å². The highest BCUT2D eigenvalue weighted by atomic mass is 35.5. The zero-order chi connectivity index (χ0) is 14.3. The fraction of sp³-hybridized carbons (Fsp3) is 0.200. The molecule has 0 aliphatic carbocycles. The quantitative estimate of drug-likeness (QED) is 0.905. The Bertz CT molecular complexity index is 675. The molecule has 104 valence electrons. The number of benzene rings is 2. The lowest BCUT2D eigenvalue weighted by atomic mass is 9.96. The van der Waals surface area contributed by atoms with Crippen LogP contribution in [0.4, 0.5) is 4.39 Å². The minimum absolute atomic E-state index is 0.0340. The third-order valence-electron chi connectivity index (χ3n) is 3.43. The standard InChI is InChI=1S/C15H12Cl2FNO/c16-9-6-8-4-5-20-15(8)11(7-9)14(19)10-2-1-3-12(18)13(10)17/h1-3,6-7,14H,4-5,19H2. The van der Waals surface area contributed by atoms with Gasteiger partial charge in [0, 0.05) is 17.0 Å². The van der Waals surface area contributed by atoms with Crippen LogP contribution in [-0.4, -0.2) is 6.61 Å². The Morgan fingerprint density at radius 3 is 2.80 bits per heavy atom. The molecule has 1 aliphatic heterocycles. The minimum atomic E-state index is -0.580. The number of ether oxygens (including phenoxy) is 1. The molecule has 1 aliphatic rings. The Kier molecular flexibility index (Phi) is 3.59. The second-order valence-corrected chi connectivity index (χ2v) is 5.52. The van der Waals surface area contributed by atoms with Crippen molar-refractivity contribution in [1.29, 1.82) is 0 Å². The Balaban J connectivity index is 2.11. The molecule has 0 aromatic heterocycles. The predicted molar refractivity (Wildman–Crippen MR) is 78.1 cm³/mol. The molecule has 2 aromatic rings. The maximum absolute atomic E-state index is 13.6. The van der Waals surface area contributed by atoms with Gasteiger partial charge in [0.1, 0.15) is 11.6 Å². The van der Waals surface area contributed by atoms with Gasteiger partial charge in [0.15, 0.2) is 0 Å². The van der Waals surface area contributed by atoms with Crippen LogP contribution < -0.4 is 10.5 Å². The summed E-state index contributed by atoms with van der Waals surface area (Å²) in [6.45, 7) is 0.603. The van der Waals surface area contributed by atoms with E-state index in [9.17, 15) is 4.39 Å². The molecule has 0 saturated heterocycles. The van der Waals surface area contributed by atoms with Crippen LogP contribution in [0, 0.1) is 5.82 Å². The van der Waals surface area contributed by atoms with Gasteiger partial charge in [0.2, 0.25) is 0 Å². The van der Waals surface area contributed by atoms with E-state index in [2.05, 4.69) is 0 Å². The molecule has 3 rings (SSSR count). The topological polar surface area (TPSA) is 35.2 Å². The summed E-state index contributed by atoms with van der Waals surface area (Å²) in [6, 6.07) is 7.63. The normalized spacial score (nSPS) is 14.8. The molecular formula is C15H12Cl2FNO. The lowest BCUT2D eigenvalue weighted by Crippen LogP contribution is -2.14. The number of hydrogen-bond acceptors (Lipinski definition) is 2. The monoisotopic (exact) mass is 311 g/mol. The molecule has 20 heavy (non-hydrogen) atoms. The van der Waals surface area contributed by atoms with Gasteiger partial charge in [-0.2, -0.15) is 0 Å². The summed E-state index contributed by atoms with van der Waals surface area (Å²) in [6.07, 6.45) is 0.798. The summed E-state index contributed by atoms with van der Waals surface area (Å²) in [5.74, 6) is 0.251. The van der Waals surface area contributed by atoms with Gasteiger partial charge in [-0.1, -0.05) is 35.3 Å². The first kappa shape index (κ1) is 13.7. The van der Waals surface area contributed by atoms with Crippen molar-refractivity contribution in [2.45, 2.75) is 12.5 Å². The van der Waals surface area contributed by atoms with Crippen molar-refractivity contribution in [3.8, 4) is 5.75 Å². The first-order valence-corrected chi connectivity index (χ1v) is 6.98. The molecule has 1 atom stereocenters. The van der Waals surface area contributed by atoms with Gasteiger partial charge in [-0.25, -0.2) is 4.39 Å². The zero-order valence-corrected chi connectivity index (χ0v) is 12.0. The third-order valence-corrected chi connectivity index (χ3v) is 4.05. The Morgan fingerprint density at radius 1 is 1.20 bits per heavy atom. The highest BCUT2D eigenvalue weighted by Gasteiger charge is 2.24. The van der Waals surface area contributed by atoms with Gasteiger partial charge in [-0.3, -0.25) is 0 Å². The second-order valence-electron chi connectivity index (χ2n) is 4.70. The van der Waals surface area contributed by atoms with Gasteiger partial charge in [-0.15, -0.1) is 0 Å². The molecule has 1 unspecified atom stereocenters. The van der Waals surface area contributed by atoms with Crippen molar-refractivity contribution in [3.05, 3.63) is 62.9 Å². The maximum Gasteiger partial charge on any atom is 0.142 e. The van der Waals surface area contributed by atoms with Crippen molar-refractivity contribution >= 4 is 23.2 Å². The number of fused-ring (bicyclic) bond motifs is 1. The highest BCUT2D eigenvalue weighted by molar-refractivity contribution is 6.31. The molecule has 0 fully saturated rings. The molecule has 5 heteroatoms. The van der Waals surface area contributed by atoms with Crippen molar-refractivity contribution in [2.24, 2.45) is 5.73 Å². The van der Waals surface area contributed by atoms with Crippen LogP contribution in [0.25, 0.3) is 0 Å². The van der Waals surface area contributed by atoms with Crippen molar-refractivity contribution in [1.82, 2.24) is 0 Å². The van der Waals surface area contributed by atoms with Crippen molar-refractivity contribution < 1.29 is 9.13 Å². The van der Waals surface area contributed by atoms with E-state index in [4.69, 9.17) is 33.7 Å². The molecular weight excluding hydrogens is 300 g/mol. The van der Waals surface area contributed by atoms with Gasteiger partial charge in [0.25, 0.3) is 0 Å². The van der Waals surface area contributed by atoms with Crippen LogP contribution in [0.1, 0.15) is 22.7 Å². The first-order chi connectivity index (χ1) is 9.58. The highest BCUT2D eigenvalue weighted by Crippen LogP contribution is 2.39. The van der Waals surface area contributed by atoms with E-state index in [1.165, 1.54) is 6.07 Å². The van der Waals surface area contributed by atoms with Crippen LogP contribution in [0.5, 0.6) is 5.75 Å². The molecule has 2 N–H and O–H groups in total. The van der Waals surface area contributed by atoms with E-state index < -0.39 is 11.9 Å². The molecule has 0 spiro atoms. The molecule has 2 nitrogen and oxygen atoms in total. The van der Waals surface area contributed by atoms with E-state index in [0.717, 1.165) is 23.3 Å². The summed E-state index contributed by atoms with van der Waals surface area (Å²) in [4.78, 5) is 0. The van der Waals surface area contributed by atoms with E-state index in [0.29, 0.717) is 17.2 Å². The summed E-state index contributed by atoms with van der Waals surface area (Å²) < 4.78 is 19.2. The smallest absolute Gasteiger partial charge is 0.142 e. The fourth-order valence-electron chi connectivity index (χ4n) is 2.46.